The number of anilines is 1. The van der Waals surface area contributed by atoms with Crippen LogP contribution in [0.25, 0.3) is 0 Å². The molecule has 0 bridgehead atoms. The fourth-order valence-corrected chi connectivity index (χ4v) is 2.13. The van der Waals surface area contributed by atoms with Crippen LogP contribution in [-0.2, 0) is 13.0 Å². The van der Waals surface area contributed by atoms with E-state index in [1.54, 1.807) is 0 Å². The second-order valence-corrected chi connectivity index (χ2v) is 4.44. The zero-order valence-corrected chi connectivity index (χ0v) is 9.26. The average Bonchev–Trinajstić information content (AvgIpc) is 2.12. The zero-order chi connectivity index (χ0) is 9.42. The summed E-state index contributed by atoms with van der Waals surface area (Å²) in [6, 6.07) is 4.21. The summed E-state index contributed by atoms with van der Waals surface area (Å²) in [5, 5.41) is 0. The standard InChI is InChI=1S/C10H13BrN2/c1-13-5-4-7-2-3-9(11)10(12)8(7)6-13/h2-3H,4-6,12H2,1H3. The second-order valence-electron chi connectivity index (χ2n) is 3.59. The van der Waals surface area contributed by atoms with Gasteiger partial charge < -0.3 is 10.6 Å². The van der Waals surface area contributed by atoms with E-state index in [1.807, 2.05) is 6.07 Å². The summed E-state index contributed by atoms with van der Waals surface area (Å²) >= 11 is 3.45. The lowest BCUT2D eigenvalue weighted by Crippen LogP contribution is -2.27. The number of benzene rings is 1. The molecular formula is C10H13BrN2. The van der Waals surface area contributed by atoms with Crippen molar-refractivity contribution in [2.75, 3.05) is 19.3 Å². The van der Waals surface area contributed by atoms with Crippen LogP contribution in [0.2, 0.25) is 0 Å². The molecule has 1 aliphatic rings. The molecule has 1 aromatic carbocycles. The van der Waals surface area contributed by atoms with Gasteiger partial charge in [0.2, 0.25) is 0 Å². The normalized spacial score (nSPS) is 17.1. The number of halogens is 1. The predicted octanol–water partition coefficient (Wildman–Crippen LogP) is 2.02. The molecule has 2 nitrogen and oxygen atoms in total. The molecule has 3 heteroatoms. The van der Waals surface area contributed by atoms with E-state index >= 15 is 0 Å². The summed E-state index contributed by atoms with van der Waals surface area (Å²) in [7, 11) is 2.13. The molecule has 1 heterocycles. The van der Waals surface area contributed by atoms with Crippen LogP contribution < -0.4 is 5.73 Å². The summed E-state index contributed by atoms with van der Waals surface area (Å²) in [5.74, 6) is 0. The van der Waals surface area contributed by atoms with Gasteiger partial charge in [0, 0.05) is 17.6 Å². The SMILES string of the molecule is CN1CCc2ccc(Br)c(N)c2C1. The van der Waals surface area contributed by atoms with Crippen LogP contribution in [0, 0.1) is 0 Å². The molecular weight excluding hydrogens is 228 g/mol. The van der Waals surface area contributed by atoms with Gasteiger partial charge in [-0.1, -0.05) is 6.07 Å². The van der Waals surface area contributed by atoms with Gasteiger partial charge in [0.1, 0.15) is 0 Å². The molecule has 0 aliphatic carbocycles. The van der Waals surface area contributed by atoms with Gasteiger partial charge in [0.25, 0.3) is 0 Å². The number of nitrogens with zero attached hydrogens (tertiary/aromatic N) is 1. The van der Waals surface area contributed by atoms with Crippen molar-refractivity contribution in [3.63, 3.8) is 0 Å². The van der Waals surface area contributed by atoms with Crippen LogP contribution in [-0.4, -0.2) is 18.5 Å². The van der Waals surface area contributed by atoms with Gasteiger partial charge in [0.05, 0.1) is 5.69 Å². The van der Waals surface area contributed by atoms with Crippen molar-refractivity contribution in [3.05, 3.63) is 27.7 Å². The predicted molar refractivity (Wildman–Crippen MR) is 58.6 cm³/mol. The Balaban J connectivity index is 2.48. The van der Waals surface area contributed by atoms with E-state index < -0.39 is 0 Å². The number of likely N-dealkylation sites (N-methyl/N-ethyl adjacent to an activating group) is 1. The Kier molecular flexibility index (Phi) is 2.30. The molecule has 0 amide bonds. The van der Waals surface area contributed by atoms with Crippen molar-refractivity contribution >= 4 is 21.6 Å². The summed E-state index contributed by atoms with van der Waals surface area (Å²) in [6.45, 7) is 2.11. The minimum absolute atomic E-state index is 0.907. The molecule has 1 aromatic rings. The van der Waals surface area contributed by atoms with Crippen molar-refractivity contribution in [2.24, 2.45) is 0 Å². The van der Waals surface area contributed by atoms with Crippen LogP contribution in [0.1, 0.15) is 11.1 Å². The van der Waals surface area contributed by atoms with Crippen molar-refractivity contribution in [3.8, 4) is 0 Å². The maximum atomic E-state index is 5.99. The molecule has 2 rings (SSSR count). The Labute approximate surface area is 86.9 Å². The van der Waals surface area contributed by atoms with E-state index in [0.29, 0.717) is 0 Å². The van der Waals surface area contributed by atoms with Crippen LogP contribution in [0.5, 0.6) is 0 Å². The third-order valence-corrected chi connectivity index (χ3v) is 3.28. The quantitative estimate of drug-likeness (QED) is 0.704. The van der Waals surface area contributed by atoms with Crippen molar-refractivity contribution in [1.82, 2.24) is 4.90 Å². The third-order valence-electron chi connectivity index (χ3n) is 2.59. The number of nitrogens with two attached hydrogens (primary N) is 1. The van der Waals surface area contributed by atoms with Crippen molar-refractivity contribution in [2.45, 2.75) is 13.0 Å². The fourth-order valence-electron chi connectivity index (χ4n) is 1.76. The molecule has 0 aromatic heterocycles. The van der Waals surface area contributed by atoms with Crippen LogP contribution >= 0.6 is 15.9 Å². The monoisotopic (exact) mass is 240 g/mol. The van der Waals surface area contributed by atoms with Gasteiger partial charge in [-0.05, 0) is 46.6 Å². The lowest BCUT2D eigenvalue weighted by Gasteiger charge is -2.26. The number of rotatable bonds is 0. The van der Waals surface area contributed by atoms with Crippen LogP contribution in [0.3, 0.4) is 0 Å². The molecule has 0 saturated carbocycles. The van der Waals surface area contributed by atoms with Gasteiger partial charge in [-0.3, -0.25) is 0 Å². The van der Waals surface area contributed by atoms with Gasteiger partial charge in [-0.2, -0.15) is 0 Å². The van der Waals surface area contributed by atoms with Crippen molar-refractivity contribution in [1.29, 1.82) is 0 Å². The van der Waals surface area contributed by atoms with E-state index in [4.69, 9.17) is 5.73 Å². The molecule has 0 unspecified atom stereocenters. The highest BCUT2D eigenvalue weighted by Gasteiger charge is 2.16. The Morgan fingerprint density at radius 3 is 3.00 bits per heavy atom. The first kappa shape index (κ1) is 9.03. The Bertz CT molecular complexity index is 336. The van der Waals surface area contributed by atoms with Gasteiger partial charge >= 0.3 is 0 Å². The Hall–Kier alpha value is -0.540. The summed E-state index contributed by atoms with van der Waals surface area (Å²) in [4.78, 5) is 2.30. The summed E-state index contributed by atoms with van der Waals surface area (Å²) in [6.07, 6.45) is 1.11. The second kappa shape index (κ2) is 3.31. The molecule has 0 saturated heterocycles. The fraction of sp³-hybridized carbons (Fsp3) is 0.400. The molecule has 0 atom stereocenters. The maximum Gasteiger partial charge on any atom is 0.0506 e. The minimum atomic E-state index is 0.907. The van der Waals surface area contributed by atoms with E-state index in [9.17, 15) is 0 Å². The minimum Gasteiger partial charge on any atom is -0.398 e. The first-order valence-electron chi connectivity index (χ1n) is 4.43. The number of hydrogen-bond donors (Lipinski definition) is 1. The Morgan fingerprint density at radius 2 is 2.23 bits per heavy atom. The summed E-state index contributed by atoms with van der Waals surface area (Å²) in [5.41, 5.74) is 9.59. The van der Waals surface area contributed by atoms with Crippen LogP contribution in [0.4, 0.5) is 5.69 Å². The van der Waals surface area contributed by atoms with Crippen molar-refractivity contribution < 1.29 is 0 Å². The highest BCUT2D eigenvalue weighted by Crippen LogP contribution is 2.29. The molecule has 0 radical (unpaired) electrons. The van der Waals surface area contributed by atoms with Gasteiger partial charge in [0.15, 0.2) is 0 Å². The zero-order valence-electron chi connectivity index (χ0n) is 7.68. The van der Waals surface area contributed by atoms with E-state index in [2.05, 4.69) is 33.9 Å². The van der Waals surface area contributed by atoms with E-state index in [-0.39, 0.29) is 0 Å². The summed E-state index contributed by atoms with van der Waals surface area (Å²) < 4.78 is 1.02. The molecule has 0 fully saturated rings. The first-order valence-corrected chi connectivity index (χ1v) is 5.22. The first-order chi connectivity index (χ1) is 6.18. The lowest BCUT2D eigenvalue weighted by atomic mass is 9.99. The van der Waals surface area contributed by atoms with Gasteiger partial charge in [-0.25, -0.2) is 0 Å². The molecule has 2 N–H and O–H groups in total. The van der Waals surface area contributed by atoms with E-state index in [1.165, 1.54) is 11.1 Å². The smallest absolute Gasteiger partial charge is 0.0506 e. The van der Waals surface area contributed by atoms with Crippen LogP contribution in [0.15, 0.2) is 16.6 Å². The largest absolute Gasteiger partial charge is 0.398 e. The third kappa shape index (κ3) is 1.58. The van der Waals surface area contributed by atoms with Gasteiger partial charge in [-0.15, -0.1) is 0 Å². The number of hydrogen-bond acceptors (Lipinski definition) is 2. The highest BCUT2D eigenvalue weighted by molar-refractivity contribution is 9.10. The molecule has 13 heavy (non-hydrogen) atoms. The van der Waals surface area contributed by atoms with E-state index in [0.717, 1.165) is 29.7 Å². The lowest BCUT2D eigenvalue weighted by molar-refractivity contribution is 0.313. The Morgan fingerprint density at radius 1 is 1.46 bits per heavy atom. The maximum absolute atomic E-state index is 5.99. The molecule has 0 spiro atoms. The topological polar surface area (TPSA) is 29.3 Å². The molecule has 1 aliphatic heterocycles. The number of fused-ring (bicyclic) bond motifs is 1. The number of nitrogen functional groups attached to an aromatic ring is 1. The molecule has 70 valence electrons. The highest BCUT2D eigenvalue weighted by atomic mass is 79.9. The average molecular weight is 241 g/mol.